The minimum absolute atomic E-state index is 0.313. The molecule has 2 aromatic carbocycles. The topological polar surface area (TPSA) is 70.5 Å². The van der Waals surface area contributed by atoms with Crippen LogP contribution in [0.2, 0.25) is 5.02 Å². The van der Waals surface area contributed by atoms with E-state index in [0.717, 1.165) is 53.0 Å². The zero-order valence-corrected chi connectivity index (χ0v) is 18.0. The van der Waals surface area contributed by atoms with Crippen molar-refractivity contribution in [2.75, 3.05) is 25.5 Å². The average Bonchev–Trinajstić information content (AvgIpc) is 3.28. The van der Waals surface area contributed by atoms with Gasteiger partial charge in [0.2, 0.25) is 5.88 Å². The van der Waals surface area contributed by atoms with Gasteiger partial charge in [-0.2, -0.15) is 0 Å². The number of phenols is 1. The van der Waals surface area contributed by atoms with E-state index in [4.69, 9.17) is 21.3 Å². The molecule has 0 spiro atoms. The molecule has 0 amide bonds. The molecule has 0 aliphatic carbocycles. The van der Waals surface area contributed by atoms with Crippen LogP contribution in [0.3, 0.4) is 0 Å². The third kappa shape index (κ3) is 3.96. The van der Waals surface area contributed by atoms with Crippen LogP contribution in [0.5, 0.6) is 11.6 Å². The summed E-state index contributed by atoms with van der Waals surface area (Å²) in [7, 11) is 1.60. The molecule has 2 aromatic heterocycles. The number of phenolic OH excluding ortho intramolecular Hbond substituents is 1. The molecule has 1 aliphatic rings. The van der Waals surface area contributed by atoms with Crippen LogP contribution < -0.4 is 10.1 Å². The maximum absolute atomic E-state index is 10.4. The summed E-state index contributed by atoms with van der Waals surface area (Å²) in [6.07, 6.45) is 2.42. The summed E-state index contributed by atoms with van der Waals surface area (Å²) < 4.78 is 5.34. The molecular formula is C24H23ClN4O2. The number of fused-ring (bicyclic) bond motifs is 2. The lowest BCUT2D eigenvalue weighted by molar-refractivity contribution is 0.324. The molecule has 2 N–H and O–H groups in total. The number of nitrogens with one attached hydrogen (secondary N) is 1. The van der Waals surface area contributed by atoms with E-state index >= 15 is 0 Å². The van der Waals surface area contributed by atoms with E-state index in [0.29, 0.717) is 22.2 Å². The van der Waals surface area contributed by atoms with Crippen molar-refractivity contribution in [2.45, 2.75) is 19.4 Å². The normalized spacial score (nSPS) is 14.4. The van der Waals surface area contributed by atoms with Gasteiger partial charge in [0.15, 0.2) is 0 Å². The molecule has 7 heteroatoms. The Balaban J connectivity index is 1.61. The van der Waals surface area contributed by atoms with Crippen LogP contribution in [-0.2, 0) is 6.54 Å². The van der Waals surface area contributed by atoms with E-state index in [1.165, 1.54) is 12.8 Å². The van der Waals surface area contributed by atoms with Crippen LogP contribution in [0.1, 0.15) is 18.4 Å². The van der Waals surface area contributed by atoms with Gasteiger partial charge in [-0.1, -0.05) is 11.6 Å². The van der Waals surface area contributed by atoms with Gasteiger partial charge >= 0.3 is 0 Å². The standard InChI is InChI=1S/C24H23ClN4O2/c1-31-22-9-7-19-24(28-22)23(18-6-4-16(25)13-20(18)27-19)26-17-5-8-21(30)15(12-17)14-29-10-2-3-11-29/h4-9,12-13,30H,2-3,10-11,14H2,1H3,(H,26,27). The lowest BCUT2D eigenvalue weighted by Crippen LogP contribution is -2.18. The Kier molecular flexibility index (Phi) is 5.26. The first kappa shape index (κ1) is 19.8. The first-order valence-electron chi connectivity index (χ1n) is 10.4. The van der Waals surface area contributed by atoms with E-state index in [9.17, 15) is 5.11 Å². The fraction of sp³-hybridized carbons (Fsp3) is 0.250. The van der Waals surface area contributed by atoms with Crippen molar-refractivity contribution < 1.29 is 9.84 Å². The highest BCUT2D eigenvalue weighted by molar-refractivity contribution is 6.31. The molecule has 0 radical (unpaired) electrons. The van der Waals surface area contributed by atoms with Crippen molar-refractivity contribution in [3.05, 3.63) is 59.1 Å². The Morgan fingerprint density at radius 3 is 2.68 bits per heavy atom. The average molecular weight is 435 g/mol. The lowest BCUT2D eigenvalue weighted by atomic mass is 10.1. The van der Waals surface area contributed by atoms with Crippen LogP contribution in [0.15, 0.2) is 48.5 Å². The molecule has 0 unspecified atom stereocenters. The van der Waals surface area contributed by atoms with Crippen molar-refractivity contribution in [1.82, 2.24) is 14.9 Å². The molecule has 0 atom stereocenters. The first-order valence-corrected chi connectivity index (χ1v) is 10.7. The highest BCUT2D eigenvalue weighted by atomic mass is 35.5. The predicted octanol–water partition coefficient (Wildman–Crippen LogP) is 5.49. The number of likely N-dealkylation sites (tertiary alicyclic amines) is 1. The van der Waals surface area contributed by atoms with Gasteiger partial charge in [-0.05, 0) is 68.4 Å². The molecule has 5 rings (SSSR count). The van der Waals surface area contributed by atoms with Crippen molar-refractivity contribution in [3.8, 4) is 11.6 Å². The molecule has 0 saturated carbocycles. The number of rotatable bonds is 5. The maximum atomic E-state index is 10.4. The Labute approximate surface area is 185 Å². The van der Waals surface area contributed by atoms with E-state index in [1.54, 1.807) is 19.2 Å². The van der Waals surface area contributed by atoms with Crippen molar-refractivity contribution in [1.29, 1.82) is 0 Å². The van der Waals surface area contributed by atoms with Crippen molar-refractivity contribution in [2.24, 2.45) is 0 Å². The molecule has 3 heterocycles. The fourth-order valence-corrected chi connectivity index (χ4v) is 4.30. The van der Waals surface area contributed by atoms with Gasteiger partial charge in [-0.3, -0.25) is 4.90 Å². The largest absolute Gasteiger partial charge is 0.508 e. The van der Waals surface area contributed by atoms with E-state index < -0.39 is 0 Å². The summed E-state index contributed by atoms with van der Waals surface area (Å²) in [6, 6.07) is 14.9. The molecule has 1 fully saturated rings. The second-order valence-electron chi connectivity index (χ2n) is 7.82. The third-order valence-electron chi connectivity index (χ3n) is 5.71. The first-order chi connectivity index (χ1) is 15.1. The second kappa shape index (κ2) is 8.21. The number of ether oxygens (including phenoxy) is 1. The Morgan fingerprint density at radius 1 is 1.03 bits per heavy atom. The number of methoxy groups -OCH3 is 1. The number of hydrogen-bond acceptors (Lipinski definition) is 6. The molecule has 31 heavy (non-hydrogen) atoms. The van der Waals surface area contributed by atoms with Crippen molar-refractivity contribution in [3.63, 3.8) is 0 Å². The molecule has 1 saturated heterocycles. The zero-order valence-electron chi connectivity index (χ0n) is 17.2. The Hall–Kier alpha value is -3.09. The fourth-order valence-electron chi connectivity index (χ4n) is 4.13. The molecule has 1 aliphatic heterocycles. The monoisotopic (exact) mass is 434 g/mol. The summed E-state index contributed by atoms with van der Waals surface area (Å²) in [6.45, 7) is 2.88. The van der Waals surface area contributed by atoms with Gasteiger partial charge in [-0.15, -0.1) is 0 Å². The summed E-state index contributed by atoms with van der Waals surface area (Å²) in [5.41, 5.74) is 4.85. The van der Waals surface area contributed by atoms with Gasteiger partial charge in [0.25, 0.3) is 0 Å². The highest BCUT2D eigenvalue weighted by Crippen LogP contribution is 2.35. The van der Waals surface area contributed by atoms with E-state index in [2.05, 4.69) is 15.2 Å². The van der Waals surface area contributed by atoms with Gasteiger partial charge < -0.3 is 15.2 Å². The number of nitrogens with zero attached hydrogens (tertiary/aromatic N) is 3. The smallest absolute Gasteiger partial charge is 0.213 e. The predicted molar refractivity (Wildman–Crippen MR) is 125 cm³/mol. The van der Waals surface area contributed by atoms with Crippen LogP contribution in [0.4, 0.5) is 11.4 Å². The quantitative estimate of drug-likeness (QED) is 0.319. The summed E-state index contributed by atoms with van der Waals surface area (Å²) in [5.74, 6) is 0.833. The minimum atomic E-state index is 0.313. The van der Waals surface area contributed by atoms with Gasteiger partial charge in [0.05, 0.1) is 23.8 Å². The Bertz CT molecular complexity index is 1270. The van der Waals surface area contributed by atoms with Crippen LogP contribution in [0, 0.1) is 0 Å². The summed E-state index contributed by atoms with van der Waals surface area (Å²) >= 11 is 6.22. The zero-order chi connectivity index (χ0) is 21.4. The number of pyridine rings is 2. The number of anilines is 2. The summed E-state index contributed by atoms with van der Waals surface area (Å²) in [4.78, 5) is 11.7. The molecule has 158 valence electrons. The van der Waals surface area contributed by atoms with Gasteiger partial charge in [-0.25, -0.2) is 9.97 Å². The molecule has 0 bridgehead atoms. The maximum Gasteiger partial charge on any atom is 0.213 e. The number of benzene rings is 2. The van der Waals surface area contributed by atoms with E-state index in [1.807, 2.05) is 36.4 Å². The van der Waals surface area contributed by atoms with Crippen LogP contribution in [0.25, 0.3) is 21.9 Å². The molecule has 4 aromatic rings. The SMILES string of the molecule is COc1ccc2nc3cc(Cl)ccc3c(Nc3ccc(O)c(CN4CCCC4)c3)c2n1. The third-order valence-corrected chi connectivity index (χ3v) is 5.94. The van der Waals surface area contributed by atoms with E-state index in [-0.39, 0.29) is 0 Å². The number of aromatic hydroxyl groups is 1. The number of aromatic nitrogens is 2. The number of halogens is 1. The molecule has 6 nitrogen and oxygen atoms in total. The highest BCUT2D eigenvalue weighted by Gasteiger charge is 2.16. The second-order valence-corrected chi connectivity index (χ2v) is 8.26. The summed E-state index contributed by atoms with van der Waals surface area (Å²) in [5, 5.41) is 15.5. The number of hydrogen-bond donors (Lipinski definition) is 2. The lowest BCUT2D eigenvalue weighted by Gasteiger charge is -2.18. The van der Waals surface area contributed by atoms with Crippen molar-refractivity contribution >= 4 is 44.9 Å². The van der Waals surface area contributed by atoms with Crippen LogP contribution in [-0.4, -0.2) is 40.2 Å². The van der Waals surface area contributed by atoms with Gasteiger partial charge in [0.1, 0.15) is 11.3 Å². The Morgan fingerprint density at radius 2 is 1.87 bits per heavy atom. The minimum Gasteiger partial charge on any atom is -0.508 e. The molecular weight excluding hydrogens is 412 g/mol. The van der Waals surface area contributed by atoms with Gasteiger partial charge in [0, 0.05) is 34.3 Å². The van der Waals surface area contributed by atoms with Crippen LogP contribution >= 0.6 is 11.6 Å².